The number of carbonyl (C=O) groups excluding carboxylic acids is 2. The van der Waals surface area contributed by atoms with Gasteiger partial charge in [0, 0.05) is 45.8 Å². The Labute approximate surface area is 125 Å². The molecule has 0 aromatic rings. The van der Waals surface area contributed by atoms with Gasteiger partial charge in [-0.15, -0.1) is 0 Å². The topological polar surface area (TPSA) is 76.1 Å². The zero-order valence-corrected chi connectivity index (χ0v) is 12.8. The van der Waals surface area contributed by atoms with Crippen LogP contribution >= 0.6 is 0 Å². The number of likely N-dealkylation sites (N-methyl/N-ethyl adjacent to an activating group) is 1. The van der Waals surface area contributed by atoms with Crippen molar-refractivity contribution in [1.29, 1.82) is 0 Å². The van der Waals surface area contributed by atoms with Gasteiger partial charge in [0.1, 0.15) is 0 Å². The van der Waals surface area contributed by atoms with Crippen molar-refractivity contribution in [2.24, 2.45) is 0 Å². The van der Waals surface area contributed by atoms with Gasteiger partial charge in [-0.05, 0) is 12.8 Å². The number of aliphatic hydroxyl groups excluding tert-OH is 1. The van der Waals surface area contributed by atoms with Crippen LogP contribution in [0.1, 0.15) is 12.8 Å². The normalized spacial score (nSPS) is 20.3. The summed E-state index contributed by atoms with van der Waals surface area (Å²) in [5.74, 6) is -0.0855. The van der Waals surface area contributed by atoms with E-state index in [0.717, 1.165) is 39.0 Å². The summed E-state index contributed by atoms with van der Waals surface area (Å²) in [6.07, 6.45) is 2.11. The summed E-state index contributed by atoms with van der Waals surface area (Å²) >= 11 is 0. The maximum Gasteiger partial charge on any atom is 0.239 e. The van der Waals surface area contributed by atoms with Gasteiger partial charge in [0.15, 0.2) is 0 Å². The lowest BCUT2D eigenvalue weighted by atomic mass is 10.3. The molecule has 7 heteroatoms. The Morgan fingerprint density at radius 3 is 2.38 bits per heavy atom. The van der Waals surface area contributed by atoms with Crippen LogP contribution in [-0.2, 0) is 9.59 Å². The first-order valence-corrected chi connectivity index (χ1v) is 7.67. The molecule has 0 aromatic carbocycles. The van der Waals surface area contributed by atoms with Crippen LogP contribution in [0.2, 0.25) is 0 Å². The number of rotatable bonds is 7. The van der Waals surface area contributed by atoms with Gasteiger partial charge in [-0.3, -0.25) is 19.4 Å². The number of hydrogen-bond acceptors (Lipinski definition) is 5. The van der Waals surface area contributed by atoms with E-state index < -0.39 is 0 Å². The van der Waals surface area contributed by atoms with Gasteiger partial charge in [-0.25, -0.2) is 0 Å². The molecule has 1 saturated carbocycles. The first-order chi connectivity index (χ1) is 10.1. The highest BCUT2D eigenvalue weighted by molar-refractivity contribution is 5.85. The Morgan fingerprint density at radius 1 is 1.19 bits per heavy atom. The van der Waals surface area contributed by atoms with E-state index in [1.807, 2.05) is 0 Å². The monoisotopic (exact) mass is 298 g/mol. The van der Waals surface area contributed by atoms with Gasteiger partial charge in [0.25, 0.3) is 0 Å². The van der Waals surface area contributed by atoms with Crippen LogP contribution < -0.4 is 5.32 Å². The molecule has 0 radical (unpaired) electrons. The highest BCUT2D eigenvalue weighted by Crippen LogP contribution is 2.18. The third kappa shape index (κ3) is 5.61. The number of nitrogens with zero attached hydrogens (tertiary/aromatic N) is 3. The standard InChI is InChI=1S/C14H26N4O3/c1-16(10-13(20)15-12-2-3-12)14(21)11-18-6-4-17(5-7-18)8-9-19/h12,19H,2-11H2,1H3,(H,15,20). The van der Waals surface area contributed by atoms with E-state index in [0.29, 0.717) is 19.1 Å². The molecule has 0 atom stereocenters. The number of piperazine rings is 1. The fourth-order valence-electron chi connectivity index (χ4n) is 2.43. The molecule has 0 aromatic heterocycles. The van der Waals surface area contributed by atoms with Gasteiger partial charge in [-0.2, -0.15) is 0 Å². The van der Waals surface area contributed by atoms with Crippen LogP contribution in [0.4, 0.5) is 0 Å². The molecule has 1 aliphatic carbocycles. The van der Waals surface area contributed by atoms with Crippen LogP contribution in [0.15, 0.2) is 0 Å². The lowest BCUT2D eigenvalue weighted by Gasteiger charge is -2.34. The minimum atomic E-state index is -0.0684. The molecule has 0 spiro atoms. The molecule has 0 bridgehead atoms. The molecule has 120 valence electrons. The SMILES string of the molecule is CN(CC(=O)NC1CC1)C(=O)CN1CCN(CCO)CC1. The molecule has 1 aliphatic heterocycles. The van der Waals surface area contributed by atoms with E-state index in [9.17, 15) is 9.59 Å². The second kappa shape index (κ2) is 7.72. The van der Waals surface area contributed by atoms with Crippen LogP contribution in [0.3, 0.4) is 0 Å². The molecular weight excluding hydrogens is 272 g/mol. The van der Waals surface area contributed by atoms with E-state index >= 15 is 0 Å². The van der Waals surface area contributed by atoms with E-state index in [-0.39, 0.29) is 25.0 Å². The fourth-order valence-corrected chi connectivity index (χ4v) is 2.43. The summed E-state index contributed by atoms with van der Waals surface area (Å²) < 4.78 is 0. The Morgan fingerprint density at radius 2 is 1.81 bits per heavy atom. The van der Waals surface area contributed by atoms with Crippen molar-refractivity contribution >= 4 is 11.8 Å². The first kappa shape index (κ1) is 16.2. The van der Waals surface area contributed by atoms with Crippen molar-refractivity contribution in [1.82, 2.24) is 20.0 Å². The van der Waals surface area contributed by atoms with E-state index in [2.05, 4.69) is 15.1 Å². The van der Waals surface area contributed by atoms with E-state index in [1.54, 1.807) is 7.05 Å². The first-order valence-electron chi connectivity index (χ1n) is 7.67. The second-order valence-corrected chi connectivity index (χ2v) is 5.93. The summed E-state index contributed by atoms with van der Waals surface area (Å²) in [7, 11) is 1.68. The van der Waals surface area contributed by atoms with Crippen LogP contribution in [0, 0.1) is 0 Å². The third-order valence-electron chi connectivity index (χ3n) is 3.99. The maximum atomic E-state index is 12.1. The number of β-amino-alcohol motifs (C(OH)–C–C–N with tert-alkyl or cyclic N) is 1. The van der Waals surface area contributed by atoms with Crippen LogP contribution in [0.5, 0.6) is 0 Å². The van der Waals surface area contributed by atoms with Crippen LogP contribution in [0.25, 0.3) is 0 Å². The molecule has 1 heterocycles. The molecule has 0 unspecified atom stereocenters. The number of amides is 2. The van der Waals surface area contributed by atoms with Crippen molar-refractivity contribution < 1.29 is 14.7 Å². The highest BCUT2D eigenvalue weighted by Gasteiger charge is 2.25. The Bertz CT molecular complexity index is 365. The molecular formula is C14H26N4O3. The molecule has 7 nitrogen and oxygen atoms in total. The Kier molecular flexibility index (Phi) is 5.96. The molecule has 2 N–H and O–H groups in total. The van der Waals surface area contributed by atoms with Gasteiger partial charge < -0.3 is 15.3 Å². The Balaban J connectivity index is 1.65. The molecule has 2 fully saturated rings. The maximum absolute atomic E-state index is 12.1. The van der Waals surface area contributed by atoms with Gasteiger partial charge in [0.2, 0.25) is 11.8 Å². The summed E-state index contributed by atoms with van der Waals surface area (Å²) in [6, 6.07) is 0.334. The lowest BCUT2D eigenvalue weighted by Crippen LogP contribution is -2.51. The van der Waals surface area contributed by atoms with Gasteiger partial charge in [0.05, 0.1) is 19.7 Å². The predicted molar refractivity (Wildman–Crippen MR) is 78.8 cm³/mol. The van der Waals surface area contributed by atoms with Crippen molar-refractivity contribution in [2.75, 3.05) is 59.5 Å². The minimum absolute atomic E-state index is 0.0171. The summed E-state index contributed by atoms with van der Waals surface area (Å²) in [4.78, 5) is 29.6. The van der Waals surface area contributed by atoms with Gasteiger partial charge in [-0.1, -0.05) is 0 Å². The Hall–Kier alpha value is -1.18. The third-order valence-corrected chi connectivity index (χ3v) is 3.99. The van der Waals surface area contributed by atoms with Crippen molar-refractivity contribution in [3.05, 3.63) is 0 Å². The molecule has 21 heavy (non-hydrogen) atoms. The van der Waals surface area contributed by atoms with Crippen molar-refractivity contribution in [3.63, 3.8) is 0 Å². The highest BCUT2D eigenvalue weighted by atomic mass is 16.3. The largest absolute Gasteiger partial charge is 0.395 e. The van der Waals surface area contributed by atoms with Crippen LogP contribution in [-0.4, -0.2) is 97.1 Å². The number of nitrogens with one attached hydrogen (secondary N) is 1. The number of hydrogen-bond donors (Lipinski definition) is 2. The summed E-state index contributed by atoms with van der Waals surface area (Å²) in [5, 5.41) is 11.8. The quantitative estimate of drug-likeness (QED) is 0.588. The smallest absolute Gasteiger partial charge is 0.239 e. The molecule has 2 aliphatic rings. The number of aliphatic hydroxyl groups is 1. The average molecular weight is 298 g/mol. The van der Waals surface area contributed by atoms with Crippen molar-refractivity contribution in [3.8, 4) is 0 Å². The average Bonchev–Trinajstić information content (AvgIpc) is 3.25. The molecule has 1 saturated heterocycles. The number of carbonyl (C=O) groups is 2. The molecule has 2 amide bonds. The zero-order chi connectivity index (χ0) is 15.2. The zero-order valence-electron chi connectivity index (χ0n) is 12.8. The van der Waals surface area contributed by atoms with Gasteiger partial charge >= 0.3 is 0 Å². The van der Waals surface area contributed by atoms with E-state index in [4.69, 9.17) is 5.11 Å². The lowest BCUT2D eigenvalue weighted by molar-refractivity contribution is -0.136. The second-order valence-electron chi connectivity index (χ2n) is 5.93. The summed E-state index contributed by atoms with van der Waals surface area (Å²) in [5.41, 5.74) is 0. The predicted octanol–water partition coefficient (Wildman–Crippen LogP) is -1.67. The minimum Gasteiger partial charge on any atom is -0.395 e. The fraction of sp³-hybridized carbons (Fsp3) is 0.857. The van der Waals surface area contributed by atoms with E-state index in [1.165, 1.54) is 4.90 Å². The summed E-state index contributed by atoms with van der Waals surface area (Å²) in [6.45, 7) is 4.78. The van der Waals surface area contributed by atoms with Crippen molar-refractivity contribution in [2.45, 2.75) is 18.9 Å². The molecule has 2 rings (SSSR count).